The van der Waals surface area contributed by atoms with Gasteiger partial charge in [-0.2, -0.15) is 5.26 Å². The molecule has 34 heavy (non-hydrogen) atoms. The number of halogens is 1. The van der Waals surface area contributed by atoms with Crippen molar-refractivity contribution in [1.82, 2.24) is 0 Å². The van der Waals surface area contributed by atoms with Crippen LogP contribution in [0, 0.1) is 11.3 Å². The maximum atomic E-state index is 13.5. The van der Waals surface area contributed by atoms with E-state index in [1.165, 1.54) is 16.7 Å². The Morgan fingerprint density at radius 1 is 1.06 bits per heavy atom. The summed E-state index contributed by atoms with van der Waals surface area (Å²) in [6.45, 7) is 2.05. The fraction of sp³-hybridized carbons (Fsp3) is 0.148. The Balaban J connectivity index is 1.70. The van der Waals surface area contributed by atoms with Crippen LogP contribution < -0.4 is 10.2 Å². The first kappa shape index (κ1) is 23.6. The molecule has 1 N–H and O–H groups in total. The van der Waals surface area contributed by atoms with Crippen LogP contribution >= 0.6 is 23.4 Å². The second kappa shape index (κ2) is 10.6. The summed E-state index contributed by atoms with van der Waals surface area (Å²) < 4.78 is 0. The highest BCUT2D eigenvalue weighted by atomic mass is 35.5. The lowest BCUT2D eigenvalue weighted by Gasteiger charge is -2.18. The summed E-state index contributed by atoms with van der Waals surface area (Å²) in [5, 5.41) is 13.1. The van der Waals surface area contributed by atoms with Gasteiger partial charge >= 0.3 is 0 Å². The Labute approximate surface area is 208 Å². The summed E-state index contributed by atoms with van der Waals surface area (Å²) in [5.74, 6) is -0.750. The number of hydrogen-bond acceptors (Lipinski definition) is 4. The predicted octanol–water partition coefficient (Wildman–Crippen LogP) is 5.97. The number of amides is 2. The number of benzene rings is 3. The van der Waals surface area contributed by atoms with Crippen LogP contribution in [0.2, 0.25) is 5.02 Å². The third-order valence-electron chi connectivity index (χ3n) is 5.50. The molecule has 1 aliphatic heterocycles. The van der Waals surface area contributed by atoms with E-state index >= 15 is 0 Å². The number of nitriles is 1. The first-order chi connectivity index (χ1) is 16.5. The zero-order valence-corrected chi connectivity index (χ0v) is 20.1. The summed E-state index contributed by atoms with van der Waals surface area (Å²) in [4.78, 5) is 28.1. The number of carbonyl (C=O) groups excluding carboxylic acids is 2. The quantitative estimate of drug-likeness (QED) is 0.343. The zero-order valence-electron chi connectivity index (χ0n) is 18.5. The fourth-order valence-corrected chi connectivity index (χ4v) is 5.19. The van der Waals surface area contributed by atoms with Gasteiger partial charge in [0.05, 0.1) is 5.25 Å². The van der Waals surface area contributed by atoms with Crippen molar-refractivity contribution in [3.05, 3.63) is 106 Å². The topological polar surface area (TPSA) is 73.2 Å². The lowest BCUT2D eigenvalue weighted by Crippen LogP contribution is -2.30. The third-order valence-corrected chi connectivity index (χ3v) is 7.13. The summed E-state index contributed by atoms with van der Waals surface area (Å²) in [6, 6.07) is 25.9. The van der Waals surface area contributed by atoms with Crippen molar-refractivity contribution in [2.24, 2.45) is 0 Å². The van der Waals surface area contributed by atoms with Crippen LogP contribution in [0.5, 0.6) is 0 Å². The minimum atomic E-state index is -0.554. The maximum Gasteiger partial charge on any atom is 0.269 e. The van der Waals surface area contributed by atoms with Crippen molar-refractivity contribution >= 4 is 46.6 Å². The second-order valence-corrected chi connectivity index (χ2v) is 9.31. The second-order valence-electron chi connectivity index (χ2n) is 7.71. The number of carbonyl (C=O) groups is 2. The molecule has 0 unspecified atom stereocenters. The number of nitrogens with zero attached hydrogens (tertiary/aromatic N) is 2. The Kier molecular flexibility index (Phi) is 7.36. The van der Waals surface area contributed by atoms with Crippen molar-refractivity contribution < 1.29 is 9.59 Å². The third kappa shape index (κ3) is 5.01. The first-order valence-electron chi connectivity index (χ1n) is 10.9. The number of hydrogen-bond donors (Lipinski definition) is 1. The lowest BCUT2D eigenvalue weighted by molar-refractivity contribution is -0.117. The number of nitrogens with one attached hydrogen (secondary N) is 1. The number of aryl methyl sites for hydroxylation is 1. The highest BCUT2D eigenvalue weighted by Gasteiger charge is 2.41. The van der Waals surface area contributed by atoms with Crippen LogP contribution in [0.15, 0.2) is 89.5 Å². The molecular weight excluding hydrogens is 466 g/mol. The Morgan fingerprint density at radius 3 is 2.38 bits per heavy atom. The maximum absolute atomic E-state index is 13.5. The summed E-state index contributed by atoms with van der Waals surface area (Å²) in [6.07, 6.45) is 1.27. The van der Waals surface area contributed by atoms with Crippen LogP contribution in [-0.4, -0.2) is 17.1 Å². The van der Waals surface area contributed by atoms with Gasteiger partial charge in [-0.3, -0.25) is 14.5 Å². The fourth-order valence-electron chi connectivity index (χ4n) is 3.68. The molecule has 5 nitrogen and oxygen atoms in total. The molecule has 1 fully saturated rings. The summed E-state index contributed by atoms with van der Waals surface area (Å²) in [5.41, 5.74) is 3.06. The number of rotatable bonds is 6. The van der Waals surface area contributed by atoms with E-state index in [1.54, 1.807) is 30.3 Å². The van der Waals surface area contributed by atoms with Crippen LogP contribution in [0.4, 0.5) is 11.4 Å². The molecule has 1 atom stereocenters. The van der Waals surface area contributed by atoms with E-state index < -0.39 is 11.2 Å². The van der Waals surface area contributed by atoms with E-state index in [4.69, 9.17) is 11.6 Å². The van der Waals surface area contributed by atoms with Crippen molar-refractivity contribution in [3.8, 4) is 6.07 Å². The average molecular weight is 488 g/mol. The molecule has 1 aliphatic rings. The van der Waals surface area contributed by atoms with Gasteiger partial charge in [0.15, 0.2) is 0 Å². The molecule has 3 aromatic carbocycles. The molecular formula is C27H22ClN3O2S. The molecule has 1 saturated heterocycles. The van der Waals surface area contributed by atoms with E-state index in [0.29, 0.717) is 27.8 Å². The van der Waals surface area contributed by atoms with E-state index in [9.17, 15) is 14.9 Å². The minimum absolute atomic E-state index is 0.108. The largest absolute Gasteiger partial charge is 0.321 e. The van der Waals surface area contributed by atoms with Crippen molar-refractivity contribution in [2.75, 3.05) is 10.2 Å². The van der Waals surface area contributed by atoms with Crippen molar-refractivity contribution in [1.29, 1.82) is 5.26 Å². The average Bonchev–Trinajstić information content (AvgIpc) is 3.17. The first-order valence-corrected chi connectivity index (χ1v) is 12.1. The molecule has 1 heterocycles. The molecule has 0 radical (unpaired) electrons. The predicted molar refractivity (Wildman–Crippen MR) is 138 cm³/mol. The summed E-state index contributed by atoms with van der Waals surface area (Å²) in [7, 11) is 0. The highest BCUT2D eigenvalue weighted by Crippen LogP contribution is 2.42. The minimum Gasteiger partial charge on any atom is -0.321 e. The highest BCUT2D eigenvalue weighted by molar-refractivity contribution is 8.05. The Bertz CT molecular complexity index is 1280. The monoisotopic (exact) mass is 487 g/mol. The van der Waals surface area contributed by atoms with Gasteiger partial charge in [0, 0.05) is 16.4 Å². The molecule has 0 bridgehead atoms. The number of thioether (sulfide) groups is 1. The molecule has 2 amide bonds. The van der Waals surface area contributed by atoms with Crippen LogP contribution in [-0.2, 0) is 22.4 Å². The number of anilines is 2. The molecule has 3 aromatic rings. The molecule has 7 heteroatoms. The van der Waals surface area contributed by atoms with Gasteiger partial charge in [-0.15, -0.1) is 0 Å². The van der Waals surface area contributed by atoms with E-state index in [0.717, 1.165) is 17.5 Å². The Hall–Kier alpha value is -3.53. The van der Waals surface area contributed by atoms with Crippen LogP contribution in [0.1, 0.15) is 18.1 Å². The Morgan fingerprint density at radius 2 is 1.74 bits per heavy atom. The van der Waals surface area contributed by atoms with Crippen molar-refractivity contribution in [3.63, 3.8) is 0 Å². The van der Waals surface area contributed by atoms with E-state index in [-0.39, 0.29) is 11.5 Å². The van der Waals surface area contributed by atoms with Crippen molar-refractivity contribution in [2.45, 2.75) is 25.0 Å². The standard InChI is InChI=1S/C27H22ClN3O2S/c1-2-18-12-14-20(15-13-18)30-25(32)22(17-29)27-31(21-9-4-3-5-10-21)26(33)24(34-27)16-19-8-6-7-11-23(19)28/h3-15,24H,2,16H2,1H3,(H,30,32)/b27-22+/t24-/m0/s1. The van der Waals surface area contributed by atoms with Gasteiger partial charge in [0.25, 0.3) is 5.91 Å². The van der Waals surface area contributed by atoms with Gasteiger partial charge in [0.2, 0.25) is 5.91 Å². The van der Waals surface area contributed by atoms with E-state index in [2.05, 4.69) is 12.2 Å². The van der Waals surface area contributed by atoms with Gasteiger partial charge in [0.1, 0.15) is 16.7 Å². The molecule has 0 spiro atoms. The smallest absolute Gasteiger partial charge is 0.269 e. The summed E-state index contributed by atoms with van der Waals surface area (Å²) >= 11 is 7.55. The molecule has 170 valence electrons. The molecule has 4 rings (SSSR count). The van der Waals surface area contributed by atoms with Gasteiger partial charge in [-0.05, 0) is 54.3 Å². The molecule has 0 saturated carbocycles. The lowest BCUT2D eigenvalue weighted by atomic mass is 10.1. The zero-order chi connectivity index (χ0) is 24.1. The van der Waals surface area contributed by atoms with Gasteiger partial charge < -0.3 is 5.32 Å². The van der Waals surface area contributed by atoms with Gasteiger partial charge in [-0.1, -0.05) is 78.8 Å². The van der Waals surface area contributed by atoms with Crippen LogP contribution in [0.25, 0.3) is 0 Å². The van der Waals surface area contributed by atoms with E-state index in [1.807, 2.05) is 54.6 Å². The van der Waals surface area contributed by atoms with Gasteiger partial charge in [-0.25, -0.2) is 0 Å². The normalized spacial score (nSPS) is 16.8. The molecule has 0 aromatic heterocycles. The SMILES string of the molecule is CCc1ccc(NC(=O)/C(C#N)=C2/S[C@@H](Cc3ccccc3Cl)C(=O)N2c2ccccc2)cc1. The number of para-hydroxylation sites is 1. The molecule has 0 aliphatic carbocycles. The van der Waals surface area contributed by atoms with Crippen LogP contribution in [0.3, 0.4) is 0 Å².